The van der Waals surface area contributed by atoms with E-state index in [1.54, 1.807) is 6.07 Å². The van der Waals surface area contributed by atoms with Crippen molar-refractivity contribution in [2.24, 2.45) is 0 Å². The highest BCUT2D eigenvalue weighted by molar-refractivity contribution is 7.80. The molecule has 1 aromatic carbocycles. The monoisotopic (exact) mass is 217 g/mol. The fourth-order valence-electron chi connectivity index (χ4n) is 0.973. The van der Waals surface area contributed by atoms with Crippen LogP contribution >= 0.6 is 24.2 Å². The fraction of sp³-hybridized carbons (Fsp3) is 0.250. The lowest BCUT2D eigenvalue weighted by molar-refractivity contribution is -0.384. The number of non-ortho nitro benzene ring substituents is 1. The number of nitro benzene ring substituents is 1. The van der Waals surface area contributed by atoms with E-state index in [1.807, 2.05) is 0 Å². The zero-order valence-electron chi connectivity index (χ0n) is 6.74. The Balaban J connectivity index is 2.98. The van der Waals surface area contributed by atoms with Crippen LogP contribution in [-0.2, 0) is 6.42 Å². The van der Waals surface area contributed by atoms with Crippen LogP contribution < -0.4 is 0 Å². The van der Waals surface area contributed by atoms with Gasteiger partial charge in [0.2, 0.25) is 0 Å². The highest BCUT2D eigenvalue weighted by Gasteiger charge is 2.08. The van der Waals surface area contributed by atoms with Crippen molar-refractivity contribution in [3.05, 3.63) is 38.9 Å². The van der Waals surface area contributed by atoms with Gasteiger partial charge < -0.3 is 0 Å². The lowest BCUT2D eigenvalue weighted by Crippen LogP contribution is -1.91. The van der Waals surface area contributed by atoms with Gasteiger partial charge in [-0.2, -0.15) is 12.6 Å². The largest absolute Gasteiger partial charge is 0.270 e. The van der Waals surface area contributed by atoms with E-state index in [0.717, 1.165) is 12.0 Å². The molecule has 0 bridgehead atoms. The molecule has 0 spiro atoms. The van der Waals surface area contributed by atoms with Crippen LogP contribution in [0.4, 0.5) is 5.69 Å². The Kier molecular flexibility index (Phi) is 3.57. The van der Waals surface area contributed by atoms with E-state index in [2.05, 4.69) is 12.6 Å². The summed E-state index contributed by atoms with van der Waals surface area (Å²) < 4.78 is 0. The van der Waals surface area contributed by atoms with Gasteiger partial charge in [0.1, 0.15) is 0 Å². The summed E-state index contributed by atoms with van der Waals surface area (Å²) in [5.41, 5.74) is 0.912. The van der Waals surface area contributed by atoms with Crippen molar-refractivity contribution in [1.29, 1.82) is 0 Å². The molecule has 0 atom stereocenters. The lowest BCUT2D eigenvalue weighted by Gasteiger charge is -2.00. The van der Waals surface area contributed by atoms with E-state index in [0.29, 0.717) is 10.8 Å². The smallest absolute Gasteiger partial charge is 0.258 e. The molecule has 0 aliphatic rings. The first kappa shape index (κ1) is 10.3. The number of hydrogen-bond donors (Lipinski definition) is 1. The zero-order valence-corrected chi connectivity index (χ0v) is 8.39. The molecule has 13 heavy (non-hydrogen) atoms. The molecule has 1 rings (SSSR count). The molecule has 3 nitrogen and oxygen atoms in total. The Bertz CT molecular complexity index is 330. The molecule has 5 heteroatoms. The second-order valence-electron chi connectivity index (χ2n) is 2.51. The van der Waals surface area contributed by atoms with E-state index in [-0.39, 0.29) is 5.69 Å². The van der Waals surface area contributed by atoms with E-state index in [4.69, 9.17) is 11.6 Å². The van der Waals surface area contributed by atoms with Crippen LogP contribution in [0.3, 0.4) is 0 Å². The molecule has 0 fully saturated rings. The van der Waals surface area contributed by atoms with Crippen LogP contribution in [0.15, 0.2) is 18.2 Å². The highest BCUT2D eigenvalue weighted by Crippen LogP contribution is 2.22. The Morgan fingerprint density at radius 2 is 2.23 bits per heavy atom. The maximum absolute atomic E-state index is 10.4. The summed E-state index contributed by atoms with van der Waals surface area (Å²) in [7, 11) is 0. The van der Waals surface area contributed by atoms with Crippen molar-refractivity contribution in [1.82, 2.24) is 0 Å². The third-order valence-corrected chi connectivity index (χ3v) is 2.20. The molecule has 0 aromatic heterocycles. The highest BCUT2D eigenvalue weighted by atomic mass is 35.5. The van der Waals surface area contributed by atoms with Gasteiger partial charge in [-0.25, -0.2) is 0 Å². The first-order chi connectivity index (χ1) is 6.15. The summed E-state index contributed by atoms with van der Waals surface area (Å²) >= 11 is 9.87. The minimum absolute atomic E-state index is 0.0212. The molecule has 0 saturated carbocycles. The zero-order chi connectivity index (χ0) is 9.84. The SMILES string of the molecule is O=[N+]([O-])c1ccc(CCS)c(Cl)c1. The van der Waals surface area contributed by atoms with Crippen molar-refractivity contribution >= 4 is 29.9 Å². The summed E-state index contributed by atoms with van der Waals surface area (Å²) in [5.74, 6) is 0.678. The van der Waals surface area contributed by atoms with Gasteiger partial charge in [0, 0.05) is 12.1 Å². The minimum atomic E-state index is -0.462. The topological polar surface area (TPSA) is 43.1 Å². The number of aryl methyl sites for hydroxylation is 1. The van der Waals surface area contributed by atoms with Gasteiger partial charge in [0.05, 0.1) is 9.95 Å². The van der Waals surface area contributed by atoms with E-state index >= 15 is 0 Å². The Morgan fingerprint density at radius 1 is 1.54 bits per heavy atom. The first-order valence-electron chi connectivity index (χ1n) is 3.69. The summed E-state index contributed by atoms with van der Waals surface area (Å²) in [4.78, 5) is 9.89. The summed E-state index contributed by atoms with van der Waals surface area (Å²) in [5, 5.41) is 10.8. The molecular formula is C8H8ClNO2S. The first-order valence-corrected chi connectivity index (χ1v) is 4.70. The maximum Gasteiger partial charge on any atom is 0.270 e. The van der Waals surface area contributed by atoms with Crippen molar-refractivity contribution in [2.45, 2.75) is 6.42 Å². The second-order valence-corrected chi connectivity index (χ2v) is 3.36. The van der Waals surface area contributed by atoms with Crippen LogP contribution in [0.2, 0.25) is 5.02 Å². The number of hydrogen-bond acceptors (Lipinski definition) is 3. The summed E-state index contributed by atoms with van der Waals surface area (Å²) in [6.45, 7) is 0. The predicted octanol–water partition coefficient (Wildman–Crippen LogP) is 2.72. The van der Waals surface area contributed by atoms with Crippen molar-refractivity contribution < 1.29 is 4.92 Å². The van der Waals surface area contributed by atoms with Crippen LogP contribution in [-0.4, -0.2) is 10.7 Å². The van der Waals surface area contributed by atoms with Gasteiger partial charge in [-0.1, -0.05) is 17.7 Å². The number of nitrogens with zero attached hydrogens (tertiary/aromatic N) is 1. The second kappa shape index (κ2) is 4.48. The van der Waals surface area contributed by atoms with Crippen LogP contribution in [0.5, 0.6) is 0 Å². The van der Waals surface area contributed by atoms with Gasteiger partial charge in [0.25, 0.3) is 5.69 Å². The molecule has 0 radical (unpaired) electrons. The molecule has 0 heterocycles. The minimum Gasteiger partial charge on any atom is -0.258 e. The van der Waals surface area contributed by atoms with Crippen molar-refractivity contribution in [3.8, 4) is 0 Å². The molecule has 1 aromatic rings. The number of rotatable bonds is 3. The van der Waals surface area contributed by atoms with Gasteiger partial charge in [-0.15, -0.1) is 0 Å². The molecule has 0 aliphatic carbocycles. The van der Waals surface area contributed by atoms with E-state index < -0.39 is 4.92 Å². The molecule has 0 unspecified atom stereocenters. The Labute approximate surface area is 86.3 Å². The Hall–Kier alpha value is -0.740. The maximum atomic E-state index is 10.4. The lowest BCUT2D eigenvalue weighted by atomic mass is 10.1. The Morgan fingerprint density at radius 3 is 2.69 bits per heavy atom. The molecule has 0 N–H and O–H groups in total. The molecule has 0 aliphatic heterocycles. The van der Waals surface area contributed by atoms with Gasteiger partial charge in [-0.3, -0.25) is 10.1 Å². The third kappa shape index (κ3) is 2.60. The normalized spacial score (nSPS) is 10.0. The standard InChI is InChI=1S/C8H8ClNO2S/c9-8-5-7(10(11)12)2-1-6(8)3-4-13/h1-2,5,13H,3-4H2. The fourth-order valence-corrected chi connectivity index (χ4v) is 1.48. The number of thiol groups is 1. The quantitative estimate of drug-likeness (QED) is 0.481. The molecule has 70 valence electrons. The number of halogens is 1. The third-order valence-electron chi connectivity index (χ3n) is 1.63. The predicted molar refractivity (Wildman–Crippen MR) is 55.7 cm³/mol. The van der Waals surface area contributed by atoms with E-state index in [1.165, 1.54) is 12.1 Å². The average Bonchev–Trinajstić information content (AvgIpc) is 2.08. The molecule has 0 saturated heterocycles. The number of nitro groups is 1. The number of benzene rings is 1. The van der Waals surface area contributed by atoms with Gasteiger partial charge in [-0.05, 0) is 17.7 Å². The van der Waals surface area contributed by atoms with Crippen LogP contribution in [0.25, 0.3) is 0 Å². The van der Waals surface area contributed by atoms with Crippen LogP contribution in [0.1, 0.15) is 5.56 Å². The average molecular weight is 218 g/mol. The molecule has 0 amide bonds. The van der Waals surface area contributed by atoms with Crippen molar-refractivity contribution in [2.75, 3.05) is 5.75 Å². The van der Waals surface area contributed by atoms with Crippen molar-refractivity contribution in [3.63, 3.8) is 0 Å². The van der Waals surface area contributed by atoms with E-state index in [9.17, 15) is 10.1 Å². The summed E-state index contributed by atoms with van der Waals surface area (Å²) in [6.07, 6.45) is 0.722. The summed E-state index contributed by atoms with van der Waals surface area (Å²) in [6, 6.07) is 4.47. The van der Waals surface area contributed by atoms with Gasteiger partial charge >= 0.3 is 0 Å². The van der Waals surface area contributed by atoms with Gasteiger partial charge in [0.15, 0.2) is 0 Å². The van der Waals surface area contributed by atoms with Crippen LogP contribution in [0, 0.1) is 10.1 Å². The molecular weight excluding hydrogens is 210 g/mol.